The molecular formula is C34H54Cl2N4O2+2. The first kappa shape index (κ1) is 36.1. The third-order valence-corrected chi connectivity index (χ3v) is 9.72. The second-order valence-electron chi connectivity index (χ2n) is 11.5. The van der Waals surface area contributed by atoms with Gasteiger partial charge < -0.3 is 19.6 Å². The summed E-state index contributed by atoms with van der Waals surface area (Å²) >= 11 is 12.8. The highest BCUT2D eigenvalue weighted by molar-refractivity contribution is 6.31. The number of nitrogens with zero attached hydrogens (tertiary/aromatic N) is 2. The lowest BCUT2D eigenvalue weighted by atomic mass is 10.1. The van der Waals surface area contributed by atoms with Gasteiger partial charge in [0.2, 0.25) is 11.8 Å². The normalized spacial score (nSPS) is 11.9. The Morgan fingerprint density at radius 3 is 1.29 bits per heavy atom. The molecule has 42 heavy (non-hydrogen) atoms. The third-order valence-electron chi connectivity index (χ3n) is 8.98. The molecule has 2 N–H and O–H groups in total. The van der Waals surface area contributed by atoms with Crippen molar-refractivity contribution >= 4 is 35.0 Å². The molecule has 0 bridgehead atoms. The van der Waals surface area contributed by atoms with Crippen LogP contribution in [0.1, 0.15) is 77.3 Å². The van der Waals surface area contributed by atoms with Gasteiger partial charge in [-0.3, -0.25) is 9.59 Å². The summed E-state index contributed by atoms with van der Waals surface area (Å²) in [4.78, 5) is 24.9. The molecule has 0 saturated carbocycles. The minimum atomic E-state index is 0.112. The van der Waals surface area contributed by atoms with Crippen LogP contribution in [0.5, 0.6) is 0 Å². The summed E-state index contributed by atoms with van der Waals surface area (Å²) < 4.78 is 1.79. The topological polar surface area (TPSA) is 58.2 Å². The van der Waals surface area contributed by atoms with Gasteiger partial charge in [-0.15, -0.1) is 0 Å². The van der Waals surface area contributed by atoms with Gasteiger partial charge in [0.05, 0.1) is 52.4 Å². The van der Waals surface area contributed by atoms with Crippen LogP contribution in [0.25, 0.3) is 0 Å². The number of hydrogen-bond donors (Lipinski definition) is 2. The number of carbonyl (C=O) groups is 2. The number of amides is 2. The molecular weight excluding hydrogens is 567 g/mol. The maximum Gasteiger partial charge on any atom is 0.220 e. The van der Waals surface area contributed by atoms with Crippen molar-refractivity contribution in [3.8, 4) is 0 Å². The molecule has 0 aromatic heterocycles. The number of benzene rings is 2. The molecule has 0 unspecified atom stereocenters. The molecule has 0 heterocycles. The lowest BCUT2D eigenvalue weighted by Gasteiger charge is -2.37. The standard InChI is InChI=1S/C34H52Cl2N4O2/c1-5-39(6-2,27-29-17-13-15-19-31(29)35)25-23-37-33(41)21-11-9-10-12-22-34(42)38-24-26-40(7-3,8-4)28-30-18-14-16-20-32(30)36/h13-20H,5-12,21-28H2,1-4H3/p+2. The van der Waals surface area contributed by atoms with E-state index in [0.717, 1.165) is 108 Å². The lowest BCUT2D eigenvalue weighted by molar-refractivity contribution is -0.936. The number of likely N-dealkylation sites (N-methyl/N-ethyl adjacent to an activating group) is 2. The van der Waals surface area contributed by atoms with Gasteiger partial charge in [-0.25, -0.2) is 0 Å². The monoisotopic (exact) mass is 620 g/mol. The zero-order chi connectivity index (χ0) is 30.8. The van der Waals surface area contributed by atoms with E-state index in [0.29, 0.717) is 25.9 Å². The highest BCUT2D eigenvalue weighted by atomic mass is 35.5. The van der Waals surface area contributed by atoms with Crippen molar-refractivity contribution in [2.45, 2.75) is 79.3 Å². The summed E-state index contributed by atoms with van der Waals surface area (Å²) in [6.07, 6.45) is 4.69. The van der Waals surface area contributed by atoms with E-state index in [1.807, 2.05) is 36.4 Å². The number of hydrogen-bond acceptors (Lipinski definition) is 2. The van der Waals surface area contributed by atoms with Crippen molar-refractivity contribution in [3.05, 3.63) is 69.7 Å². The van der Waals surface area contributed by atoms with Crippen LogP contribution in [0.15, 0.2) is 48.5 Å². The molecule has 0 saturated heterocycles. The van der Waals surface area contributed by atoms with Gasteiger partial charge in [0.15, 0.2) is 0 Å². The minimum absolute atomic E-state index is 0.112. The first-order valence-electron chi connectivity index (χ1n) is 15.9. The Labute approximate surface area is 264 Å². The quantitative estimate of drug-likeness (QED) is 0.117. The SMILES string of the molecule is CC[N+](CC)(CCNC(=O)CCCCCCC(=O)NCC[N+](CC)(CC)Cc1ccccc1Cl)Cc1ccccc1Cl. The van der Waals surface area contributed by atoms with Crippen molar-refractivity contribution in [2.24, 2.45) is 0 Å². The fraction of sp³-hybridized carbons (Fsp3) is 0.588. The second kappa shape index (κ2) is 19.2. The van der Waals surface area contributed by atoms with Crippen molar-refractivity contribution in [1.82, 2.24) is 10.6 Å². The van der Waals surface area contributed by atoms with Crippen LogP contribution in [-0.2, 0) is 22.7 Å². The van der Waals surface area contributed by atoms with E-state index >= 15 is 0 Å². The molecule has 0 aliphatic heterocycles. The molecule has 2 rings (SSSR count). The fourth-order valence-corrected chi connectivity index (χ4v) is 6.02. The van der Waals surface area contributed by atoms with Crippen molar-refractivity contribution < 1.29 is 18.6 Å². The van der Waals surface area contributed by atoms with Gasteiger partial charge in [-0.2, -0.15) is 0 Å². The molecule has 0 fully saturated rings. The summed E-state index contributed by atoms with van der Waals surface area (Å²) in [5, 5.41) is 7.85. The summed E-state index contributed by atoms with van der Waals surface area (Å²) in [6, 6.07) is 16.1. The van der Waals surface area contributed by atoms with Crippen LogP contribution in [-0.4, -0.2) is 73.1 Å². The van der Waals surface area contributed by atoms with E-state index < -0.39 is 0 Å². The number of nitrogens with one attached hydrogen (secondary N) is 2. The zero-order valence-electron chi connectivity index (χ0n) is 26.4. The Kier molecular flexibility index (Phi) is 16.5. The molecule has 2 aromatic carbocycles. The van der Waals surface area contributed by atoms with Crippen LogP contribution in [0.3, 0.4) is 0 Å². The summed E-state index contributed by atoms with van der Waals surface area (Å²) in [6.45, 7) is 17.6. The van der Waals surface area contributed by atoms with E-state index in [1.165, 1.54) is 0 Å². The van der Waals surface area contributed by atoms with E-state index in [-0.39, 0.29) is 11.8 Å². The molecule has 0 spiro atoms. The Bertz CT molecular complexity index is 1000. The van der Waals surface area contributed by atoms with E-state index in [2.05, 4.69) is 50.5 Å². The molecule has 0 aliphatic rings. The fourth-order valence-electron chi connectivity index (χ4n) is 5.63. The Morgan fingerprint density at radius 1 is 0.595 bits per heavy atom. The van der Waals surface area contributed by atoms with Crippen molar-refractivity contribution in [2.75, 3.05) is 52.4 Å². The highest BCUT2D eigenvalue weighted by Gasteiger charge is 2.26. The Hall–Kier alpha value is -2.12. The van der Waals surface area contributed by atoms with Crippen molar-refractivity contribution in [1.29, 1.82) is 0 Å². The van der Waals surface area contributed by atoms with Gasteiger partial charge in [0.1, 0.15) is 13.1 Å². The highest BCUT2D eigenvalue weighted by Crippen LogP contribution is 2.22. The van der Waals surface area contributed by atoms with Gasteiger partial charge in [0, 0.05) is 34.0 Å². The summed E-state index contributed by atoms with van der Waals surface area (Å²) in [7, 11) is 0. The number of rotatable bonds is 21. The van der Waals surface area contributed by atoms with Crippen LogP contribution in [0.4, 0.5) is 0 Å². The first-order valence-corrected chi connectivity index (χ1v) is 16.7. The van der Waals surface area contributed by atoms with Gasteiger partial charge in [-0.05, 0) is 52.7 Å². The number of carbonyl (C=O) groups excluding carboxylic acids is 2. The summed E-state index contributed by atoms with van der Waals surface area (Å²) in [5.41, 5.74) is 2.32. The maximum absolute atomic E-state index is 12.4. The average Bonchev–Trinajstić information content (AvgIpc) is 3.00. The predicted molar refractivity (Wildman–Crippen MR) is 176 cm³/mol. The molecule has 0 aliphatic carbocycles. The van der Waals surface area contributed by atoms with Gasteiger partial charge in [-0.1, -0.05) is 72.4 Å². The molecule has 234 valence electrons. The number of halogens is 2. The predicted octanol–water partition coefficient (Wildman–Crippen LogP) is 6.98. The molecule has 2 amide bonds. The molecule has 6 nitrogen and oxygen atoms in total. The van der Waals surface area contributed by atoms with Crippen molar-refractivity contribution in [3.63, 3.8) is 0 Å². The number of unbranched alkanes of at least 4 members (excludes halogenated alkanes) is 3. The Balaban J connectivity index is 1.60. The van der Waals surface area contributed by atoms with E-state index in [4.69, 9.17) is 23.2 Å². The number of quaternary nitrogens is 2. The second-order valence-corrected chi connectivity index (χ2v) is 12.3. The zero-order valence-corrected chi connectivity index (χ0v) is 27.9. The lowest BCUT2D eigenvalue weighted by Crippen LogP contribution is -2.51. The molecule has 8 heteroatoms. The molecule has 0 radical (unpaired) electrons. The minimum Gasteiger partial charge on any atom is -0.350 e. The van der Waals surface area contributed by atoms with Gasteiger partial charge >= 0.3 is 0 Å². The average molecular weight is 622 g/mol. The van der Waals surface area contributed by atoms with E-state index in [9.17, 15) is 9.59 Å². The van der Waals surface area contributed by atoms with Crippen LogP contribution in [0, 0.1) is 0 Å². The largest absolute Gasteiger partial charge is 0.350 e. The molecule has 2 aromatic rings. The van der Waals surface area contributed by atoms with Gasteiger partial charge in [0.25, 0.3) is 0 Å². The van der Waals surface area contributed by atoms with Crippen LogP contribution < -0.4 is 10.6 Å². The molecule has 0 atom stereocenters. The van der Waals surface area contributed by atoms with Crippen LogP contribution >= 0.6 is 23.2 Å². The Morgan fingerprint density at radius 2 is 0.952 bits per heavy atom. The first-order chi connectivity index (χ1) is 20.2. The van der Waals surface area contributed by atoms with E-state index in [1.54, 1.807) is 0 Å². The summed E-state index contributed by atoms with van der Waals surface area (Å²) in [5.74, 6) is 0.224. The van der Waals surface area contributed by atoms with Crippen LogP contribution in [0.2, 0.25) is 10.0 Å². The smallest absolute Gasteiger partial charge is 0.220 e. The maximum atomic E-state index is 12.4. The third kappa shape index (κ3) is 12.2.